The van der Waals surface area contributed by atoms with E-state index in [-0.39, 0.29) is 0 Å². The van der Waals surface area contributed by atoms with Gasteiger partial charge < -0.3 is 0 Å². The summed E-state index contributed by atoms with van der Waals surface area (Å²) >= 11 is 0. The number of hydrogen-bond acceptors (Lipinski definition) is 2. The average Bonchev–Trinajstić information content (AvgIpc) is 2.29. The molecule has 1 aliphatic heterocycles. The minimum Gasteiger partial charge on any atom is -0.283 e. The minimum absolute atomic E-state index is 0.633. The van der Waals surface area contributed by atoms with Gasteiger partial charge in [-0.3, -0.25) is 5.43 Å². The predicted molar refractivity (Wildman–Crippen MR) is 69.3 cm³/mol. The lowest BCUT2D eigenvalue weighted by molar-refractivity contribution is 0.381. The quantitative estimate of drug-likeness (QED) is 0.751. The van der Waals surface area contributed by atoms with Gasteiger partial charge >= 0.3 is 0 Å². The molecule has 2 rings (SSSR count). The van der Waals surface area contributed by atoms with E-state index in [0.717, 1.165) is 12.3 Å². The van der Waals surface area contributed by atoms with E-state index in [1.807, 2.05) is 0 Å². The Labute approximate surface area is 99.2 Å². The van der Waals surface area contributed by atoms with E-state index in [1.165, 1.54) is 44.2 Å². The van der Waals surface area contributed by atoms with Gasteiger partial charge in [0, 0.05) is 17.8 Å². The zero-order valence-electron chi connectivity index (χ0n) is 10.6. The molecule has 2 nitrogen and oxygen atoms in total. The SMILES string of the molecule is CCC1=C2CCC(CC)CCCC2C=NN1. The fourth-order valence-corrected chi connectivity index (χ4v) is 3.02. The van der Waals surface area contributed by atoms with Crippen molar-refractivity contribution < 1.29 is 0 Å². The highest BCUT2D eigenvalue weighted by molar-refractivity contribution is 5.66. The van der Waals surface area contributed by atoms with Crippen LogP contribution in [0.25, 0.3) is 0 Å². The molecule has 2 unspecified atom stereocenters. The van der Waals surface area contributed by atoms with Crippen molar-refractivity contribution in [2.75, 3.05) is 0 Å². The molecule has 16 heavy (non-hydrogen) atoms. The third-order valence-electron chi connectivity index (χ3n) is 4.17. The Morgan fingerprint density at radius 1 is 1.31 bits per heavy atom. The minimum atomic E-state index is 0.633. The highest BCUT2D eigenvalue weighted by atomic mass is 15.3. The van der Waals surface area contributed by atoms with Crippen LogP contribution in [0.15, 0.2) is 16.4 Å². The van der Waals surface area contributed by atoms with Gasteiger partial charge in [-0.05, 0) is 37.2 Å². The molecule has 0 aromatic heterocycles. The van der Waals surface area contributed by atoms with Crippen molar-refractivity contribution in [2.24, 2.45) is 16.9 Å². The molecule has 1 heterocycles. The van der Waals surface area contributed by atoms with Crippen LogP contribution in [0.3, 0.4) is 0 Å². The standard InChI is InChI=1S/C14H24N2/c1-3-11-6-5-7-12-10-15-16-14(4-2)13(12)9-8-11/h10-12,16H,3-9H2,1-2H3. The summed E-state index contributed by atoms with van der Waals surface area (Å²) in [5.41, 5.74) is 6.24. The van der Waals surface area contributed by atoms with Gasteiger partial charge in [-0.15, -0.1) is 0 Å². The summed E-state index contributed by atoms with van der Waals surface area (Å²) in [7, 11) is 0. The Balaban J connectivity index is 2.11. The molecule has 2 aliphatic rings. The van der Waals surface area contributed by atoms with Crippen LogP contribution in [0, 0.1) is 11.8 Å². The van der Waals surface area contributed by atoms with E-state index in [0.29, 0.717) is 5.92 Å². The van der Waals surface area contributed by atoms with Gasteiger partial charge in [0.15, 0.2) is 0 Å². The molecular formula is C14H24N2. The van der Waals surface area contributed by atoms with Gasteiger partial charge in [-0.2, -0.15) is 5.10 Å². The van der Waals surface area contributed by atoms with E-state index in [4.69, 9.17) is 0 Å². The number of nitrogens with zero attached hydrogens (tertiary/aromatic N) is 1. The molecular weight excluding hydrogens is 196 g/mol. The molecule has 0 saturated heterocycles. The number of fused-ring (bicyclic) bond motifs is 1. The van der Waals surface area contributed by atoms with Crippen LogP contribution in [0.4, 0.5) is 0 Å². The number of allylic oxidation sites excluding steroid dienone is 2. The molecule has 1 N–H and O–H groups in total. The summed E-state index contributed by atoms with van der Waals surface area (Å²) in [6.07, 6.45) is 11.3. The Kier molecular flexibility index (Phi) is 4.03. The molecule has 90 valence electrons. The Hall–Kier alpha value is -0.790. The number of rotatable bonds is 2. The lowest BCUT2D eigenvalue weighted by atomic mass is 9.80. The molecule has 1 aliphatic carbocycles. The maximum atomic E-state index is 4.29. The molecule has 0 aromatic carbocycles. The van der Waals surface area contributed by atoms with Crippen LogP contribution < -0.4 is 5.43 Å². The Bertz CT molecular complexity index is 291. The summed E-state index contributed by atoms with van der Waals surface area (Å²) in [4.78, 5) is 0. The van der Waals surface area contributed by atoms with Crippen molar-refractivity contribution in [3.63, 3.8) is 0 Å². The number of nitrogens with one attached hydrogen (secondary N) is 1. The van der Waals surface area contributed by atoms with Crippen molar-refractivity contribution in [1.82, 2.24) is 5.43 Å². The summed E-state index contributed by atoms with van der Waals surface area (Å²) in [6, 6.07) is 0. The van der Waals surface area contributed by atoms with Gasteiger partial charge in [-0.1, -0.05) is 33.1 Å². The molecule has 2 atom stereocenters. The zero-order valence-corrected chi connectivity index (χ0v) is 10.6. The Morgan fingerprint density at radius 2 is 2.19 bits per heavy atom. The third kappa shape index (κ3) is 2.47. The number of hydrogen-bond donors (Lipinski definition) is 1. The molecule has 1 fully saturated rings. The third-order valence-corrected chi connectivity index (χ3v) is 4.17. The van der Waals surface area contributed by atoms with Crippen molar-refractivity contribution in [3.05, 3.63) is 11.3 Å². The largest absolute Gasteiger partial charge is 0.283 e. The molecule has 0 radical (unpaired) electrons. The normalized spacial score (nSPS) is 30.4. The molecule has 0 amide bonds. The Morgan fingerprint density at radius 3 is 2.94 bits per heavy atom. The van der Waals surface area contributed by atoms with Crippen LogP contribution in [0.1, 0.15) is 58.8 Å². The maximum Gasteiger partial charge on any atom is 0.0331 e. The van der Waals surface area contributed by atoms with Crippen LogP contribution >= 0.6 is 0 Å². The topological polar surface area (TPSA) is 24.4 Å². The highest BCUT2D eigenvalue weighted by Crippen LogP contribution is 2.33. The van der Waals surface area contributed by atoms with Crippen molar-refractivity contribution >= 4 is 6.21 Å². The average molecular weight is 220 g/mol. The second-order valence-corrected chi connectivity index (χ2v) is 5.10. The first kappa shape index (κ1) is 11.7. The van der Waals surface area contributed by atoms with Gasteiger partial charge in [-0.25, -0.2) is 0 Å². The second-order valence-electron chi connectivity index (χ2n) is 5.10. The second kappa shape index (κ2) is 5.51. The van der Waals surface area contributed by atoms with Crippen LogP contribution in [-0.2, 0) is 0 Å². The summed E-state index contributed by atoms with van der Waals surface area (Å²) in [5, 5.41) is 4.29. The first-order valence-corrected chi connectivity index (χ1v) is 6.86. The fraction of sp³-hybridized carbons (Fsp3) is 0.786. The predicted octanol–water partition coefficient (Wildman–Crippen LogP) is 3.85. The van der Waals surface area contributed by atoms with Gasteiger partial charge in [0.1, 0.15) is 0 Å². The first-order valence-electron chi connectivity index (χ1n) is 6.86. The summed E-state index contributed by atoms with van der Waals surface area (Å²) in [6.45, 7) is 4.56. The molecule has 0 bridgehead atoms. The fourth-order valence-electron chi connectivity index (χ4n) is 3.02. The lowest BCUT2D eigenvalue weighted by Gasteiger charge is -2.28. The van der Waals surface area contributed by atoms with E-state index in [9.17, 15) is 0 Å². The zero-order chi connectivity index (χ0) is 11.4. The number of hydrazone groups is 1. The summed E-state index contributed by atoms with van der Waals surface area (Å²) in [5.74, 6) is 1.58. The molecule has 2 heteroatoms. The summed E-state index contributed by atoms with van der Waals surface area (Å²) < 4.78 is 0. The van der Waals surface area contributed by atoms with Crippen molar-refractivity contribution in [1.29, 1.82) is 0 Å². The molecule has 1 saturated carbocycles. The van der Waals surface area contributed by atoms with E-state index < -0.39 is 0 Å². The van der Waals surface area contributed by atoms with Crippen molar-refractivity contribution in [2.45, 2.75) is 58.8 Å². The van der Waals surface area contributed by atoms with Gasteiger partial charge in [0.2, 0.25) is 0 Å². The monoisotopic (exact) mass is 220 g/mol. The smallest absolute Gasteiger partial charge is 0.0331 e. The molecule has 0 aromatic rings. The lowest BCUT2D eigenvalue weighted by Crippen LogP contribution is -2.23. The first-order chi connectivity index (χ1) is 7.85. The van der Waals surface area contributed by atoms with Gasteiger partial charge in [0.05, 0.1) is 0 Å². The van der Waals surface area contributed by atoms with E-state index in [2.05, 4.69) is 30.6 Å². The van der Waals surface area contributed by atoms with Gasteiger partial charge in [0.25, 0.3) is 0 Å². The van der Waals surface area contributed by atoms with Crippen LogP contribution in [-0.4, -0.2) is 6.21 Å². The maximum absolute atomic E-state index is 4.29. The highest BCUT2D eigenvalue weighted by Gasteiger charge is 2.23. The van der Waals surface area contributed by atoms with Crippen LogP contribution in [0.5, 0.6) is 0 Å². The van der Waals surface area contributed by atoms with Crippen molar-refractivity contribution in [3.8, 4) is 0 Å². The van der Waals surface area contributed by atoms with E-state index in [1.54, 1.807) is 5.57 Å². The molecule has 0 spiro atoms. The van der Waals surface area contributed by atoms with Crippen LogP contribution in [0.2, 0.25) is 0 Å². The van der Waals surface area contributed by atoms with E-state index >= 15 is 0 Å².